The first kappa shape index (κ1) is 11.8. The van der Waals surface area contributed by atoms with Crippen molar-refractivity contribution in [3.05, 3.63) is 0 Å². The highest BCUT2D eigenvalue weighted by molar-refractivity contribution is 7.91. The van der Waals surface area contributed by atoms with Gasteiger partial charge in [0.05, 0.1) is 24.2 Å². The third-order valence-corrected chi connectivity index (χ3v) is 4.67. The van der Waals surface area contributed by atoms with Crippen molar-refractivity contribution >= 4 is 15.7 Å². The average molecular weight is 248 g/mol. The van der Waals surface area contributed by atoms with Crippen LogP contribution in [0.3, 0.4) is 0 Å². The number of nitrogens with zero attached hydrogens (tertiary/aromatic N) is 1. The molecule has 2 aliphatic heterocycles. The Bertz CT molecular complexity index is 375. The van der Waals surface area contributed by atoms with Gasteiger partial charge in [-0.3, -0.25) is 9.69 Å². The smallest absolute Gasteiger partial charge is 0.234 e. The number of nitrogens with one attached hydrogen (secondary N) is 1. The van der Waals surface area contributed by atoms with E-state index in [1.807, 2.05) is 4.90 Å². The van der Waals surface area contributed by atoms with Crippen molar-refractivity contribution in [1.82, 2.24) is 10.2 Å². The number of sulfone groups is 1. The summed E-state index contributed by atoms with van der Waals surface area (Å²) in [5, 5.41) is 11.7. The van der Waals surface area contributed by atoms with Crippen LogP contribution in [-0.4, -0.2) is 67.6 Å². The third kappa shape index (κ3) is 2.93. The maximum Gasteiger partial charge on any atom is 0.234 e. The van der Waals surface area contributed by atoms with Gasteiger partial charge in [0.2, 0.25) is 5.91 Å². The Hall–Kier alpha value is -0.660. The first-order valence-electron chi connectivity index (χ1n) is 5.35. The predicted molar refractivity (Wildman–Crippen MR) is 57.6 cm³/mol. The van der Waals surface area contributed by atoms with Crippen LogP contribution in [0, 0.1) is 0 Å². The van der Waals surface area contributed by atoms with E-state index in [1.165, 1.54) is 0 Å². The molecule has 0 aromatic heterocycles. The zero-order chi connectivity index (χ0) is 11.8. The van der Waals surface area contributed by atoms with Crippen molar-refractivity contribution in [2.45, 2.75) is 18.6 Å². The van der Waals surface area contributed by atoms with Gasteiger partial charge >= 0.3 is 0 Å². The highest BCUT2D eigenvalue weighted by atomic mass is 32.2. The van der Waals surface area contributed by atoms with Crippen molar-refractivity contribution in [2.75, 3.05) is 31.1 Å². The lowest BCUT2D eigenvalue weighted by Gasteiger charge is -2.35. The minimum Gasteiger partial charge on any atom is -0.390 e. The van der Waals surface area contributed by atoms with Crippen molar-refractivity contribution in [3.63, 3.8) is 0 Å². The number of carbonyl (C=O) groups excluding carboxylic acids is 1. The summed E-state index contributed by atoms with van der Waals surface area (Å²) in [4.78, 5) is 13.3. The van der Waals surface area contributed by atoms with Gasteiger partial charge < -0.3 is 10.4 Å². The second-order valence-corrected chi connectivity index (χ2v) is 6.74. The Morgan fingerprint density at radius 2 is 2.12 bits per heavy atom. The number of β-amino-alcohol motifs (C(OH)–C–C–N with tert-alkyl or cyclic N) is 1. The third-order valence-electron chi connectivity index (χ3n) is 2.90. The van der Waals surface area contributed by atoms with Crippen LogP contribution in [0.5, 0.6) is 0 Å². The number of amides is 1. The van der Waals surface area contributed by atoms with Crippen LogP contribution in [0.25, 0.3) is 0 Å². The van der Waals surface area contributed by atoms with E-state index in [9.17, 15) is 13.2 Å². The van der Waals surface area contributed by atoms with Crippen LogP contribution in [0.1, 0.15) is 6.42 Å². The van der Waals surface area contributed by atoms with Crippen molar-refractivity contribution < 1.29 is 18.3 Å². The first-order chi connectivity index (χ1) is 7.44. The number of hydrogen-bond acceptors (Lipinski definition) is 5. The molecule has 7 heteroatoms. The molecule has 2 saturated heterocycles. The summed E-state index contributed by atoms with van der Waals surface area (Å²) >= 11 is 0. The van der Waals surface area contributed by atoms with Gasteiger partial charge in [0.25, 0.3) is 0 Å². The maximum atomic E-state index is 11.5. The van der Waals surface area contributed by atoms with Crippen molar-refractivity contribution in [1.29, 1.82) is 0 Å². The Morgan fingerprint density at radius 1 is 1.44 bits per heavy atom. The molecule has 0 radical (unpaired) electrons. The number of rotatable bonds is 3. The topological polar surface area (TPSA) is 86.7 Å². The number of aliphatic hydroxyl groups is 1. The average Bonchev–Trinajstić information content (AvgIpc) is 2.42. The molecule has 2 fully saturated rings. The normalized spacial score (nSPS) is 29.9. The molecule has 2 rings (SSSR count). The monoisotopic (exact) mass is 248 g/mol. The molecule has 0 aliphatic carbocycles. The summed E-state index contributed by atoms with van der Waals surface area (Å²) in [6.07, 6.45) is 0.191. The van der Waals surface area contributed by atoms with E-state index in [4.69, 9.17) is 5.11 Å². The summed E-state index contributed by atoms with van der Waals surface area (Å²) in [6, 6.07) is -0.233. The van der Waals surface area contributed by atoms with E-state index in [2.05, 4.69) is 5.32 Å². The maximum absolute atomic E-state index is 11.5. The molecule has 0 spiro atoms. The fourth-order valence-corrected chi connectivity index (χ4v) is 3.73. The van der Waals surface area contributed by atoms with E-state index in [-0.39, 0.29) is 36.1 Å². The molecule has 0 aromatic rings. The molecule has 0 saturated carbocycles. The lowest BCUT2D eigenvalue weighted by atomic mass is 10.2. The molecule has 6 nitrogen and oxygen atoms in total. The van der Waals surface area contributed by atoms with Gasteiger partial charge in [0, 0.05) is 19.1 Å². The minimum atomic E-state index is -2.94. The van der Waals surface area contributed by atoms with Crippen molar-refractivity contribution in [2.24, 2.45) is 0 Å². The lowest BCUT2D eigenvalue weighted by molar-refractivity contribution is -0.125. The fourth-order valence-electron chi connectivity index (χ4n) is 2.06. The molecule has 2 aliphatic rings. The summed E-state index contributed by atoms with van der Waals surface area (Å²) in [5.41, 5.74) is 0. The van der Waals surface area contributed by atoms with Crippen LogP contribution >= 0.6 is 0 Å². The number of hydrogen-bond donors (Lipinski definition) is 2. The van der Waals surface area contributed by atoms with E-state index in [1.54, 1.807) is 0 Å². The van der Waals surface area contributed by atoms with Crippen LogP contribution in [-0.2, 0) is 14.6 Å². The Kier molecular flexibility index (Phi) is 3.18. The molecular formula is C9H16N2O4S. The Balaban J connectivity index is 1.72. The minimum absolute atomic E-state index is 0.0569. The van der Waals surface area contributed by atoms with Gasteiger partial charge in [-0.05, 0) is 6.42 Å². The molecule has 1 atom stereocenters. The van der Waals surface area contributed by atoms with Gasteiger partial charge in [-0.15, -0.1) is 0 Å². The van der Waals surface area contributed by atoms with Gasteiger partial charge in [-0.2, -0.15) is 0 Å². The summed E-state index contributed by atoms with van der Waals surface area (Å²) in [7, 11) is -2.94. The largest absolute Gasteiger partial charge is 0.390 e. The molecule has 1 unspecified atom stereocenters. The van der Waals surface area contributed by atoms with Crippen LogP contribution < -0.4 is 5.32 Å². The standard InChI is InChI=1S/C9H16N2O4S/c12-8-3-11(4-8)5-9(13)10-7-1-2-16(14,15)6-7/h7-8,12H,1-6H2,(H,10,13). The summed E-state index contributed by atoms with van der Waals surface area (Å²) in [5.74, 6) is 0.0656. The molecular weight excluding hydrogens is 232 g/mol. The molecule has 1 amide bonds. The highest BCUT2D eigenvalue weighted by Gasteiger charge is 2.30. The molecule has 0 bridgehead atoms. The number of likely N-dealkylation sites (tertiary alicyclic amines) is 1. The van der Waals surface area contributed by atoms with Gasteiger partial charge in [-0.25, -0.2) is 8.42 Å². The predicted octanol–water partition coefficient (Wildman–Crippen LogP) is -2.03. The van der Waals surface area contributed by atoms with Crippen molar-refractivity contribution in [3.8, 4) is 0 Å². The zero-order valence-corrected chi connectivity index (χ0v) is 9.74. The summed E-state index contributed by atoms with van der Waals surface area (Å²) < 4.78 is 22.3. The lowest BCUT2D eigenvalue weighted by Crippen LogP contribution is -2.54. The van der Waals surface area contributed by atoms with E-state index >= 15 is 0 Å². The van der Waals surface area contributed by atoms with Gasteiger partial charge in [0.15, 0.2) is 9.84 Å². The quantitative estimate of drug-likeness (QED) is 0.601. The molecule has 0 aromatic carbocycles. The summed E-state index contributed by atoms with van der Waals surface area (Å²) in [6.45, 7) is 1.29. The zero-order valence-electron chi connectivity index (χ0n) is 8.92. The first-order valence-corrected chi connectivity index (χ1v) is 7.17. The number of carbonyl (C=O) groups is 1. The van der Waals surface area contributed by atoms with Crippen LogP contribution in [0.15, 0.2) is 0 Å². The van der Waals surface area contributed by atoms with Gasteiger partial charge in [0.1, 0.15) is 0 Å². The number of aliphatic hydroxyl groups excluding tert-OH is 1. The molecule has 2 heterocycles. The van der Waals surface area contributed by atoms with E-state index in [0.29, 0.717) is 19.5 Å². The molecule has 2 N–H and O–H groups in total. The Labute approximate surface area is 94.5 Å². The van der Waals surface area contributed by atoms with E-state index < -0.39 is 9.84 Å². The van der Waals surface area contributed by atoms with Gasteiger partial charge in [-0.1, -0.05) is 0 Å². The second-order valence-electron chi connectivity index (χ2n) is 4.52. The Morgan fingerprint density at radius 3 is 2.62 bits per heavy atom. The SMILES string of the molecule is O=C(CN1CC(O)C1)NC1CCS(=O)(=O)C1. The fraction of sp³-hybridized carbons (Fsp3) is 0.889. The van der Waals surface area contributed by atoms with Crippen LogP contribution in [0.4, 0.5) is 0 Å². The van der Waals surface area contributed by atoms with E-state index in [0.717, 1.165) is 0 Å². The molecule has 16 heavy (non-hydrogen) atoms. The second kappa shape index (κ2) is 4.31. The van der Waals surface area contributed by atoms with Crippen LogP contribution in [0.2, 0.25) is 0 Å². The highest BCUT2D eigenvalue weighted by Crippen LogP contribution is 2.11. The molecule has 92 valence electrons.